The van der Waals surface area contributed by atoms with Gasteiger partial charge in [0.1, 0.15) is 16.0 Å². The highest BCUT2D eigenvalue weighted by Gasteiger charge is 2.10. The molecule has 0 bridgehead atoms. The molecule has 4 N–H and O–H groups in total. The maximum absolute atomic E-state index is 5.89. The van der Waals surface area contributed by atoms with Gasteiger partial charge >= 0.3 is 0 Å². The van der Waals surface area contributed by atoms with E-state index in [2.05, 4.69) is 21.9 Å². The van der Waals surface area contributed by atoms with E-state index in [4.69, 9.17) is 34.6 Å². The molecule has 140 valence electrons. The zero-order valence-corrected chi connectivity index (χ0v) is 17.1. The molecule has 1 saturated carbocycles. The standard InChI is InChI=1S/C12H10N4OS2.C5H10.C2H6/c13-10-6(11(18)16-12(19)15-10)5-9-14-7-3-1-2-4-8(7)17-9;1-5-3-2-4-5;1-2/h1-4H,5H2,(H4,13,15,16,18,19);5H,2-4H2,1H3;1-2H3. The van der Waals surface area contributed by atoms with Crippen molar-refractivity contribution in [3.8, 4) is 0 Å². The monoisotopic (exact) mass is 390 g/mol. The third-order valence-corrected chi connectivity index (χ3v) is 4.69. The first-order valence-corrected chi connectivity index (χ1v) is 9.80. The van der Waals surface area contributed by atoms with Gasteiger partial charge < -0.3 is 20.1 Å². The van der Waals surface area contributed by atoms with Crippen LogP contribution in [0, 0.1) is 15.3 Å². The molecule has 0 saturated heterocycles. The van der Waals surface area contributed by atoms with Crippen LogP contribution in [0.1, 0.15) is 51.5 Å². The Hall–Kier alpha value is -1.99. The lowest BCUT2D eigenvalue weighted by Gasteiger charge is -2.18. The quantitative estimate of drug-likeness (QED) is 0.471. The number of oxazole rings is 1. The molecule has 26 heavy (non-hydrogen) atoms. The summed E-state index contributed by atoms with van der Waals surface area (Å²) in [4.78, 5) is 10.1. The van der Waals surface area contributed by atoms with Gasteiger partial charge in [0.05, 0.1) is 6.42 Å². The topological polar surface area (TPSA) is 83.6 Å². The van der Waals surface area contributed by atoms with E-state index in [1.807, 2.05) is 38.1 Å². The maximum Gasteiger partial charge on any atom is 0.200 e. The van der Waals surface area contributed by atoms with Gasteiger partial charge in [0.2, 0.25) is 0 Å². The highest BCUT2D eigenvalue weighted by molar-refractivity contribution is 7.72. The van der Waals surface area contributed by atoms with Crippen molar-refractivity contribution in [2.24, 2.45) is 5.92 Å². The molecule has 5 nitrogen and oxygen atoms in total. The third-order valence-electron chi connectivity index (χ3n) is 4.13. The SMILES string of the molecule is CC.CC1CCC1.Nc1[nH]c(=S)[nH]c(=S)c1Cc1nc2ccccc2o1. The first-order valence-electron chi connectivity index (χ1n) is 8.98. The van der Waals surface area contributed by atoms with Gasteiger partial charge in [-0.2, -0.15) is 0 Å². The lowest BCUT2D eigenvalue weighted by atomic mass is 9.88. The number of aromatic amines is 2. The molecule has 0 amide bonds. The Labute approximate surface area is 164 Å². The van der Waals surface area contributed by atoms with Crippen molar-refractivity contribution in [2.45, 2.75) is 46.5 Å². The van der Waals surface area contributed by atoms with Crippen LogP contribution in [-0.4, -0.2) is 15.0 Å². The van der Waals surface area contributed by atoms with Crippen molar-refractivity contribution in [1.29, 1.82) is 0 Å². The molecule has 1 aliphatic rings. The molecule has 1 fully saturated rings. The molecule has 3 aromatic rings. The average Bonchev–Trinajstić information content (AvgIpc) is 3.01. The molecule has 1 aromatic carbocycles. The smallest absolute Gasteiger partial charge is 0.200 e. The molecule has 0 aliphatic heterocycles. The molecule has 7 heteroatoms. The van der Waals surface area contributed by atoms with Crippen molar-refractivity contribution < 1.29 is 4.42 Å². The van der Waals surface area contributed by atoms with Crippen LogP contribution in [-0.2, 0) is 6.42 Å². The Morgan fingerprint density at radius 3 is 2.38 bits per heavy atom. The van der Waals surface area contributed by atoms with Crippen LogP contribution in [0.4, 0.5) is 5.82 Å². The second-order valence-electron chi connectivity index (χ2n) is 6.09. The number of nitrogens with two attached hydrogens (primary N) is 1. The van der Waals surface area contributed by atoms with E-state index in [0.29, 0.717) is 27.5 Å². The van der Waals surface area contributed by atoms with Crippen molar-refractivity contribution >= 4 is 41.4 Å². The largest absolute Gasteiger partial charge is 0.440 e. The van der Waals surface area contributed by atoms with Crippen LogP contribution in [0.25, 0.3) is 11.1 Å². The number of nitrogens with zero attached hydrogens (tertiary/aromatic N) is 1. The number of fused-ring (bicyclic) bond motifs is 1. The fourth-order valence-corrected chi connectivity index (χ4v) is 3.03. The van der Waals surface area contributed by atoms with Crippen LogP contribution >= 0.6 is 24.4 Å². The number of rotatable bonds is 2. The Bertz CT molecular complexity index is 921. The summed E-state index contributed by atoms with van der Waals surface area (Å²) in [6.07, 6.45) is 4.88. The number of hydrogen-bond donors (Lipinski definition) is 3. The predicted octanol–water partition coefficient (Wildman–Crippen LogP) is 5.95. The lowest BCUT2D eigenvalue weighted by Crippen LogP contribution is -2.04. The number of benzene rings is 1. The van der Waals surface area contributed by atoms with Crippen LogP contribution in [0.3, 0.4) is 0 Å². The van der Waals surface area contributed by atoms with Crippen LogP contribution in [0.15, 0.2) is 28.7 Å². The molecule has 2 aromatic heterocycles. The Morgan fingerprint density at radius 1 is 1.19 bits per heavy atom. The minimum atomic E-state index is 0.406. The summed E-state index contributed by atoms with van der Waals surface area (Å²) in [6, 6.07) is 7.58. The zero-order chi connectivity index (χ0) is 19.1. The van der Waals surface area contributed by atoms with E-state index in [9.17, 15) is 0 Å². The lowest BCUT2D eigenvalue weighted by molar-refractivity contribution is 0.346. The minimum Gasteiger partial charge on any atom is -0.440 e. The predicted molar refractivity (Wildman–Crippen MR) is 112 cm³/mol. The highest BCUT2D eigenvalue weighted by atomic mass is 32.1. The van der Waals surface area contributed by atoms with E-state index in [1.54, 1.807) is 0 Å². The number of nitrogen functional groups attached to an aromatic ring is 1. The highest BCUT2D eigenvalue weighted by Crippen LogP contribution is 2.24. The fourth-order valence-electron chi connectivity index (χ4n) is 2.46. The van der Waals surface area contributed by atoms with Gasteiger partial charge in [-0.15, -0.1) is 0 Å². The molecular weight excluding hydrogens is 364 g/mol. The van der Waals surface area contributed by atoms with Crippen molar-refractivity contribution in [3.05, 3.63) is 45.1 Å². The Morgan fingerprint density at radius 2 is 1.85 bits per heavy atom. The normalized spacial score (nSPS) is 13.2. The molecular formula is C19H26N4OS2. The molecule has 1 aliphatic carbocycles. The molecule has 0 spiro atoms. The number of nitrogens with one attached hydrogen (secondary N) is 2. The molecule has 0 atom stereocenters. The number of hydrogen-bond acceptors (Lipinski definition) is 5. The summed E-state index contributed by atoms with van der Waals surface area (Å²) in [5.41, 5.74) is 8.18. The first kappa shape index (κ1) is 20.3. The van der Waals surface area contributed by atoms with Gasteiger partial charge in [0.15, 0.2) is 16.2 Å². The summed E-state index contributed by atoms with van der Waals surface area (Å²) in [5.74, 6) is 2.07. The summed E-state index contributed by atoms with van der Waals surface area (Å²) in [6.45, 7) is 6.31. The van der Waals surface area contributed by atoms with Crippen LogP contribution in [0.2, 0.25) is 0 Å². The zero-order valence-electron chi connectivity index (χ0n) is 15.5. The average molecular weight is 391 g/mol. The van der Waals surface area contributed by atoms with Gasteiger partial charge in [0.25, 0.3) is 0 Å². The van der Waals surface area contributed by atoms with Gasteiger partial charge in [-0.1, -0.05) is 64.4 Å². The Balaban J connectivity index is 0.000000295. The minimum absolute atomic E-state index is 0.406. The summed E-state index contributed by atoms with van der Waals surface area (Å²) < 4.78 is 6.55. The fraction of sp³-hybridized carbons (Fsp3) is 0.421. The number of para-hydroxylation sites is 2. The Kier molecular flexibility index (Phi) is 7.53. The van der Waals surface area contributed by atoms with Gasteiger partial charge in [-0.3, -0.25) is 0 Å². The summed E-state index contributed by atoms with van der Waals surface area (Å²) in [5, 5.41) is 0. The number of aromatic nitrogens is 3. The van der Waals surface area contributed by atoms with E-state index >= 15 is 0 Å². The third kappa shape index (κ3) is 5.25. The van der Waals surface area contributed by atoms with Gasteiger partial charge in [-0.25, -0.2) is 4.98 Å². The van der Waals surface area contributed by atoms with Crippen LogP contribution < -0.4 is 5.73 Å². The van der Waals surface area contributed by atoms with Gasteiger partial charge in [0, 0.05) is 5.56 Å². The molecule has 0 unspecified atom stereocenters. The van der Waals surface area contributed by atoms with Crippen molar-refractivity contribution in [3.63, 3.8) is 0 Å². The van der Waals surface area contributed by atoms with Crippen molar-refractivity contribution in [2.75, 3.05) is 5.73 Å². The van der Waals surface area contributed by atoms with E-state index < -0.39 is 0 Å². The van der Waals surface area contributed by atoms with Crippen molar-refractivity contribution in [1.82, 2.24) is 15.0 Å². The molecule has 0 radical (unpaired) electrons. The molecule has 4 rings (SSSR count). The number of anilines is 1. The second kappa shape index (κ2) is 9.64. The summed E-state index contributed by atoms with van der Waals surface area (Å²) >= 11 is 10.2. The first-order chi connectivity index (χ1) is 12.5. The number of H-pyrrole nitrogens is 2. The second-order valence-corrected chi connectivity index (χ2v) is 6.91. The van der Waals surface area contributed by atoms with E-state index in [1.165, 1.54) is 19.3 Å². The van der Waals surface area contributed by atoms with E-state index in [-0.39, 0.29) is 0 Å². The van der Waals surface area contributed by atoms with E-state index in [0.717, 1.165) is 22.6 Å². The van der Waals surface area contributed by atoms with Gasteiger partial charge in [-0.05, 0) is 30.3 Å². The summed E-state index contributed by atoms with van der Waals surface area (Å²) in [7, 11) is 0. The molecule has 2 heterocycles. The van der Waals surface area contributed by atoms with Crippen LogP contribution in [0.5, 0.6) is 0 Å². The maximum atomic E-state index is 5.89.